The summed E-state index contributed by atoms with van der Waals surface area (Å²) in [4.78, 5) is 28.2. The van der Waals surface area contributed by atoms with Gasteiger partial charge in [0.2, 0.25) is 0 Å². The molecule has 0 saturated heterocycles. The number of aldehydes is 1. The summed E-state index contributed by atoms with van der Waals surface area (Å²) in [5.41, 5.74) is 8.00. The summed E-state index contributed by atoms with van der Waals surface area (Å²) in [5.74, 6) is -0.148. The Kier molecular flexibility index (Phi) is 4.86. The molecule has 8 nitrogen and oxygen atoms in total. The monoisotopic (exact) mass is 301 g/mol. The normalized spacial score (nSPS) is 9.86. The van der Waals surface area contributed by atoms with Crippen LogP contribution in [0.1, 0.15) is 27.8 Å². The number of aromatic amines is 2. The van der Waals surface area contributed by atoms with Gasteiger partial charge in [0.15, 0.2) is 0 Å². The number of aromatic nitrogens is 4. The van der Waals surface area contributed by atoms with Gasteiger partial charge in [-0.25, -0.2) is 9.78 Å². The molecule has 3 aromatic rings. The Bertz CT molecular complexity index is 777. The average Bonchev–Trinajstić information content (AvgIpc) is 3.15. The van der Waals surface area contributed by atoms with Crippen LogP contribution in [0.2, 0.25) is 0 Å². The molecule has 0 unspecified atom stereocenters. The number of rotatable bonds is 3. The van der Waals surface area contributed by atoms with E-state index in [9.17, 15) is 9.59 Å². The van der Waals surface area contributed by atoms with Crippen LogP contribution in [0.3, 0.4) is 0 Å². The van der Waals surface area contributed by atoms with Crippen LogP contribution in [-0.4, -0.2) is 39.0 Å². The highest BCUT2D eigenvalue weighted by atomic mass is 16.5. The quantitative estimate of drug-likeness (QED) is 0.497. The van der Waals surface area contributed by atoms with E-state index in [2.05, 4.69) is 24.9 Å². The van der Waals surface area contributed by atoms with Crippen molar-refractivity contribution in [3.63, 3.8) is 0 Å². The summed E-state index contributed by atoms with van der Waals surface area (Å²) in [6.07, 6.45) is 2.43. The molecule has 0 aliphatic carbocycles. The fraction of sp³-hybridized carbons (Fsp3) is 0.143. The number of ether oxygens (including phenoxy) is 1. The highest BCUT2D eigenvalue weighted by Crippen LogP contribution is 2.09. The van der Waals surface area contributed by atoms with Gasteiger partial charge in [-0.05, 0) is 25.1 Å². The van der Waals surface area contributed by atoms with Gasteiger partial charge < -0.3 is 15.5 Å². The van der Waals surface area contributed by atoms with Gasteiger partial charge >= 0.3 is 5.97 Å². The number of anilines is 1. The SMILES string of the molecule is CCOC(=O)c1cc(N)n[nH]1.O=Cc1ccc2nc[nH]c2c1. The first-order valence-electron chi connectivity index (χ1n) is 6.50. The van der Waals surface area contributed by atoms with Gasteiger partial charge in [0.1, 0.15) is 17.8 Å². The van der Waals surface area contributed by atoms with E-state index in [0.29, 0.717) is 12.2 Å². The molecular formula is C14H15N5O3. The fourth-order valence-electron chi connectivity index (χ4n) is 1.68. The maximum absolute atomic E-state index is 10.9. The van der Waals surface area contributed by atoms with E-state index in [-0.39, 0.29) is 11.5 Å². The second-order valence-electron chi connectivity index (χ2n) is 4.22. The molecule has 0 spiro atoms. The van der Waals surface area contributed by atoms with Crippen molar-refractivity contribution in [3.05, 3.63) is 41.9 Å². The van der Waals surface area contributed by atoms with Crippen LogP contribution in [0.15, 0.2) is 30.6 Å². The smallest absolute Gasteiger partial charge is 0.356 e. The topological polar surface area (TPSA) is 127 Å². The molecule has 22 heavy (non-hydrogen) atoms. The summed E-state index contributed by atoms with van der Waals surface area (Å²) in [7, 11) is 0. The maximum atomic E-state index is 10.9. The van der Waals surface area contributed by atoms with Crippen molar-refractivity contribution >= 4 is 29.1 Å². The first kappa shape index (κ1) is 15.2. The molecule has 3 rings (SSSR count). The number of H-pyrrole nitrogens is 2. The number of esters is 1. The van der Waals surface area contributed by atoms with E-state index in [1.807, 2.05) is 6.07 Å². The van der Waals surface area contributed by atoms with Crippen molar-refractivity contribution in [3.8, 4) is 0 Å². The Balaban J connectivity index is 0.000000160. The minimum absolute atomic E-state index is 0.282. The minimum Gasteiger partial charge on any atom is -0.461 e. The summed E-state index contributed by atoms with van der Waals surface area (Å²) in [5, 5.41) is 6.01. The number of carbonyl (C=O) groups is 2. The molecule has 0 atom stereocenters. The summed E-state index contributed by atoms with van der Waals surface area (Å²) >= 11 is 0. The van der Waals surface area contributed by atoms with Crippen molar-refractivity contribution in [2.75, 3.05) is 12.3 Å². The van der Waals surface area contributed by atoms with E-state index in [1.54, 1.807) is 25.4 Å². The zero-order chi connectivity index (χ0) is 15.9. The van der Waals surface area contributed by atoms with Crippen LogP contribution in [0.25, 0.3) is 11.0 Å². The number of nitrogens with one attached hydrogen (secondary N) is 2. The molecule has 0 aliphatic rings. The molecule has 2 aromatic heterocycles. The highest BCUT2D eigenvalue weighted by molar-refractivity contribution is 5.88. The molecule has 1 aromatic carbocycles. The van der Waals surface area contributed by atoms with Gasteiger partial charge in [-0.3, -0.25) is 9.89 Å². The predicted molar refractivity (Wildman–Crippen MR) is 80.4 cm³/mol. The van der Waals surface area contributed by atoms with E-state index in [1.165, 1.54) is 6.07 Å². The number of benzene rings is 1. The van der Waals surface area contributed by atoms with Crippen LogP contribution < -0.4 is 5.73 Å². The lowest BCUT2D eigenvalue weighted by Gasteiger charge is -1.95. The predicted octanol–water partition coefficient (Wildman–Crippen LogP) is 1.54. The lowest BCUT2D eigenvalue weighted by molar-refractivity contribution is 0.0519. The van der Waals surface area contributed by atoms with Crippen LogP contribution >= 0.6 is 0 Å². The van der Waals surface area contributed by atoms with Crippen LogP contribution in [0.5, 0.6) is 0 Å². The molecule has 0 amide bonds. The second kappa shape index (κ2) is 7.02. The molecule has 4 N–H and O–H groups in total. The van der Waals surface area contributed by atoms with Gasteiger partial charge in [-0.2, -0.15) is 5.10 Å². The summed E-state index contributed by atoms with van der Waals surface area (Å²) < 4.78 is 4.68. The van der Waals surface area contributed by atoms with Crippen LogP contribution in [0, 0.1) is 0 Å². The Hall–Kier alpha value is -3.16. The zero-order valence-electron chi connectivity index (χ0n) is 11.9. The number of imidazole rings is 1. The first-order chi connectivity index (χ1) is 10.6. The van der Waals surface area contributed by atoms with E-state index < -0.39 is 5.97 Å². The van der Waals surface area contributed by atoms with Gasteiger partial charge in [0.25, 0.3) is 0 Å². The molecule has 0 bridgehead atoms. The largest absolute Gasteiger partial charge is 0.461 e. The van der Waals surface area contributed by atoms with Crippen molar-refractivity contribution in [1.29, 1.82) is 0 Å². The number of hydrogen-bond donors (Lipinski definition) is 3. The number of nitrogen functional groups attached to an aromatic ring is 1. The molecule has 8 heteroatoms. The van der Waals surface area contributed by atoms with E-state index >= 15 is 0 Å². The average molecular weight is 301 g/mol. The molecule has 2 heterocycles. The Labute approximate surface area is 125 Å². The number of carbonyl (C=O) groups excluding carboxylic acids is 2. The minimum atomic E-state index is -0.434. The Morgan fingerprint density at radius 3 is 2.86 bits per heavy atom. The fourth-order valence-corrected chi connectivity index (χ4v) is 1.68. The molecule has 0 radical (unpaired) electrons. The number of fused-ring (bicyclic) bond motifs is 1. The summed E-state index contributed by atoms with van der Waals surface area (Å²) in [6, 6.07) is 6.76. The lowest BCUT2D eigenvalue weighted by Crippen LogP contribution is -2.04. The highest BCUT2D eigenvalue weighted by Gasteiger charge is 2.08. The van der Waals surface area contributed by atoms with Crippen molar-refractivity contribution < 1.29 is 14.3 Å². The van der Waals surface area contributed by atoms with Crippen LogP contribution in [-0.2, 0) is 4.74 Å². The van der Waals surface area contributed by atoms with E-state index in [0.717, 1.165) is 17.3 Å². The third kappa shape index (κ3) is 3.69. The molecule has 0 saturated carbocycles. The van der Waals surface area contributed by atoms with Gasteiger partial charge in [0, 0.05) is 11.6 Å². The number of nitrogens with zero attached hydrogens (tertiary/aromatic N) is 2. The maximum Gasteiger partial charge on any atom is 0.356 e. The molecule has 0 fully saturated rings. The first-order valence-corrected chi connectivity index (χ1v) is 6.50. The third-order valence-corrected chi connectivity index (χ3v) is 2.67. The van der Waals surface area contributed by atoms with Crippen LogP contribution in [0.4, 0.5) is 5.82 Å². The zero-order valence-corrected chi connectivity index (χ0v) is 11.9. The standard InChI is InChI=1S/C8H6N2O.C6H9N3O2/c11-4-6-1-2-7-8(3-6)10-5-9-7;1-2-11-6(10)4-3-5(7)9-8-4/h1-5H,(H,9,10);3H,2H2,1H3,(H3,7,8,9). The Morgan fingerprint density at radius 1 is 1.41 bits per heavy atom. The van der Waals surface area contributed by atoms with Crippen molar-refractivity contribution in [2.45, 2.75) is 6.92 Å². The molecule has 0 aliphatic heterocycles. The van der Waals surface area contributed by atoms with Crippen molar-refractivity contribution in [2.24, 2.45) is 0 Å². The van der Waals surface area contributed by atoms with Gasteiger partial charge in [-0.1, -0.05) is 0 Å². The van der Waals surface area contributed by atoms with Gasteiger partial charge in [-0.15, -0.1) is 0 Å². The molecular weight excluding hydrogens is 286 g/mol. The summed E-state index contributed by atoms with van der Waals surface area (Å²) in [6.45, 7) is 2.08. The van der Waals surface area contributed by atoms with Gasteiger partial charge in [0.05, 0.1) is 24.0 Å². The van der Waals surface area contributed by atoms with Crippen molar-refractivity contribution in [1.82, 2.24) is 20.2 Å². The third-order valence-electron chi connectivity index (χ3n) is 2.67. The number of hydrogen-bond acceptors (Lipinski definition) is 6. The van der Waals surface area contributed by atoms with E-state index in [4.69, 9.17) is 5.73 Å². The lowest BCUT2D eigenvalue weighted by atomic mass is 10.2. The Morgan fingerprint density at radius 2 is 2.23 bits per heavy atom. The number of nitrogens with two attached hydrogens (primary N) is 1. The molecule has 114 valence electrons. The second-order valence-corrected chi connectivity index (χ2v) is 4.22.